The number of carbonyl (C=O) groups is 1. The maximum atomic E-state index is 13.1. The highest BCUT2D eigenvalue weighted by Gasteiger charge is 2.14. The van der Waals surface area contributed by atoms with Crippen LogP contribution in [0.15, 0.2) is 70.7 Å². The molecule has 0 aliphatic heterocycles. The largest absolute Gasteiger partial charge is 0.493 e. The number of nitrogens with one attached hydrogen (secondary N) is 1. The number of methoxy groups -OCH3 is 1. The third-order valence-corrected chi connectivity index (χ3v) is 5.13. The van der Waals surface area contributed by atoms with Gasteiger partial charge in [0.1, 0.15) is 24.1 Å². The van der Waals surface area contributed by atoms with Gasteiger partial charge in [-0.2, -0.15) is 5.26 Å². The monoisotopic (exact) mass is 514 g/mol. The molecule has 5 nitrogen and oxygen atoms in total. The molecule has 1 amide bonds. The van der Waals surface area contributed by atoms with Crippen LogP contribution in [0.2, 0.25) is 5.02 Å². The fourth-order valence-electron chi connectivity index (χ4n) is 2.78. The van der Waals surface area contributed by atoms with Crippen LogP contribution in [0.5, 0.6) is 11.5 Å². The van der Waals surface area contributed by atoms with Crippen molar-refractivity contribution >= 4 is 45.2 Å². The van der Waals surface area contributed by atoms with E-state index in [0.29, 0.717) is 32.2 Å². The molecule has 0 bridgehead atoms. The molecule has 0 unspecified atom stereocenters. The number of ether oxygens (including phenoxy) is 2. The zero-order valence-corrected chi connectivity index (χ0v) is 19.2. The van der Waals surface area contributed by atoms with Gasteiger partial charge in [-0.25, -0.2) is 4.39 Å². The van der Waals surface area contributed by atoms with Crippen LogP contribution in [0, 0.1) is 17.1 Å². The first-order valence-electron chi connectivity index (χ1n) is 9.33. The number of nitriles is 1. The molecule has 0 aliphatic carbocycles. The van der Waals surface area contributed by atoms with Crippen LogP contribution in [0.25, 0.3) is 6.08 Å². The molecule has 0 fully saturated rings. The van der Waals surface area contributed by atoms with E-state index >= 15 is 0 Å². The predicted octanol–water partition coefficient (Wildman–Crippen LogP) is 6.37. The second-order valence-electron chi connectivity index (χ2n) is 6.58. The van der Waals surface area contributed by atoms with E-state index < -0.39 is 5.91 Å². The molecule has 32 heavy (non-hydrogen) atoms. The first-order chi connectivity index (χ1) is 15.4. The Labute approximate surface area is 198 Å². The molecule has 0 heterocycles. The summed E-state index contributed by atoms with van der Waals surface area (Å²) in [4.78, 5) is 12.5. The maximum Gasteiger partial charge on any atom is 0.266 e. The first-order valence-corrected chi connectivity index (χ1v) is 10.5. The van der Waals surface area contributed by atoms with Gasteiger partial charge in [0, 0.05) is 10.7 Å². The Kier molecular flexibility index (Phi) is 7.87. The Hall–Kier alpha value is -3.34. The number of rotatable bonds is 7. The third kappa shape index (κ3) is 6.10. The Morgan fingerprint density at radius 3 is 2.62 bits per heavy atom. The zero-order chi connectivity index (χ0) is 23.1. The normalized spacial score (nSPS) is 10.9. The molecule has 3 aromatic rings. The maximum absolute atomic E-state index is 13.1. The second kappa shape index (κ2) is 10.8. The van der Waals surface area contributed by atoms with Gasteiger partial charge < -0.3 is 14.8 Å². The van der Waals surface area contributed by atoms with Crippen molar-refractivity contribution in [3.05, 3.63) is 92.7 Å². The average molecular weight is 516 g/mol. The second-order valence-corrected chi connectivity index (χ2v) is 7.87. The summed E-state index contributed by atoms with van der Waals surface area (Å²) in [6, 6.07) is 17.9. The number of nitrogens with zero attached hydrogens (tertiary/aromatic N) is 1. The van der Waals surface area contributed by atoms with Gasteiger partial charge >= 0.3 is 0 Å². The van der Waals surface area contributed by atoms with Crippen LogP contribution in [-0.2, 0) is 11.4 Å². The lowest BCUT2D eigenvalue weighted by Crippen LogP contribution is -2.13. The minimum absolute atomic E-state index is 0.0982. The van der Waals surface area contributed by atoms with E-state index in [1.54, 1.807) is 48.5 Å². The number of hydrogen-bond acceptors (Lipinski definition) is 4. The van der Waals surface area contributed by atoms with Gasteiger partial charge in [-0.15, -0.1) is 0 Å². The van der Waals surface area contributed by atoms with Crippen LogP contribution < -0.4 is 14.8 Å². The lowest BCUT2D eigenvalue weighted by atomic mass is 10.1. The van der Waals surface area contributed by atoms with E-state index in [4.69, 9.17) is 21.1 Å². The molecule has 1 N–H and O–H groups in total. The quantitative estimate of drug-likeness (QED) is 0.293. The van der Waals surface area contributed by atoms with Crippen molar-refractivity contribution in [2.45, 2.75) is 6.61 Å². The van der Waals surface area contributed by atoms with Crippen molar-refractivity contribution in [2.75, 3.05) is 12.4 Å². The zero-order valence-electron chi connectivity index (χ0n) is 16.9. The van der Waals surface area contributed by atoms with E-state index in [9.17, 15) is 14.4 Å². The molecule has 3 aromatic carbocycles. The summed E-state index contributed by atoms with van der Waals surface area (Å²) in [7, 11) is 1.48. The molecule has 0 radical (unpaired) electrons. The standard InChI is InChI=1S/C24H17BrClFN2O3/c1-31-22-11-16(9-17(13-28)24(30)29-20-4-2-3-18(26)12-20)10-21(25)23(22)32-14-15-5-7-19(27)8-6-15/h2-12H,14H2,1H3,(H,29,30)/b17-9+. The summed E-state index contributed by atoms with van der Waals surface area (Å²) in [6.07, 6.45) is 1.44. The van der Waals surface area contributed by atoms with Crippen molar-refractivity contribution in [3.8, 4) is 17.6 Å². The van der Waals surface area contributed by atoms with Gasteiger partial charge in [-0.1, -0.05) is 29.8 Å². The molecule has 0 saturated carbocycles. The summed E-state index contributed by atoms with van der Waals surface area (Å²) in [5.41, 5.74) is 1.72. The molecule has 0 saturated heterocycles. The number of carbonyl (C=O) groups excluding carboxylic acids is 1. The summed E-state index contributed by atoms with van der Waals surface area (Å²) >= 11 is 9.37. The van der Waals surface area contributed by atoms with E-state index in [2.05, 4.69) is 21.2 Å². The fraction of sp³-hybridized carbons (Fsp3) is 0.0833. The fourth-order valence-corrected chi connectivity index (χ4v) is 3.54. The van der Waals surface area contributed by atoms with Gasteiger partial charge in [-0.05, 0) is 75.6 Å². The van der Waals surface area contributed by atoms with Crippen LogP contribution in [0.3, 0.4) is 0 Å². The molecule has 0 aromatic heterocycles. The number of halogens is 3. The Bertz CT molecular complexity index is 1210. The van der Waals surface area contributed by atoms with Crippen LogP contribution in [-0.4, -0.2) is 13.0 Å². The summed E-state index contributed by atoms with van der Waals surface area (Å²) < 4.78 is 24.9. The molecular formula is C24H17BrClFN2O3. The molecular weight excluding hydrogens is 499 g/mol. The van der Waals surface area contributed by atoms with Gasteiger partial charge in [0.05, 0.1) is 11.6 Å². The minimum Gasteiger partial charge on any atom is -0.493 e. The van der Waals surface area contributed by atoms with E-state index in [1.165, 1.54) is 25.3 Å². The minimum atomic E-state index is -0.568. The van der Waals surface area contributed by atoms with Crippen molar-refractivity contribution in [3.63, 3.8) is 0 Å². The predicted molar refractivity (Wildman–Crippen MR) is 125 cm³/mol. The van der Waals surface area contributed by atoms with Crippen molar-refractivity contribution in [1.82, 2.24) is 0 Å². The highest BCUT2D eigenvalue weighted by molar-refractivity contribution is 9.10. The highest BCUT2D eigenvalue weighted by atomic mass is 79.9. The number of hydrogen-bond donors (Lipinski definition) is 1. The van der Waals surface area contributed by atoms with Gasteiger partial charge in [-0.3, -0.25) is 4.79 Å². The summed E-state index contributed by atoms with van der Waals surface area (Å²) in [5, 5.41) is 12.6. The molecule has 0 aliphatic rings. The highest BCUT2D eigenvalue weighted by Crippen LogP contribution is 2.37. The van der Waals surface area contributed by atoms with E-state index in [-0.39, 0.29) is 18.0 Å². The number of benzene rings is 3. The van der Waals surface area contributed by atoms with Crippen molar-refractivity contribution < 1.29 is 18.7 Å². The van der Waals surface area contributed by atoms with Gasteiger partial charge in [0.15, 0.2) is 11.5 Å². The Morgan fingerprint density at radius 1 is 1.22 bits per heavy atom. The topological polar surface area (TPSA) is 71.3 Å². The number of amides is 1. The van der Waals surface area contributed by atoms with Crippen LogP contribution in [0.4, 0.5) is 10.1 Å². The summed E-state index contributed by atoms with van der Waals surface area (Å²) in [5.74, 6) is -0.0472. The van der Waals surface area contributed by atoms with E-state index in [1.807, 2.05) is 6.07 Å². The lowest BCUT2D eigenvalue weighted by molar-refractivity contribution is -0.112. The lowest BCUT2D eigenvalue weighted by Gasteiger charge is -2.14. The number of anilines is 1. The van der Waals surface area contributed by atoms with Gasteiger partial charge in [0.2, 0.25) is 0 Å². The van der Waals surface area contributed by atoms with Crippen molar-refractivity contribution in [1.29, 1.82) is 5.26 Å². The Morgan fingerprint density at radius 2 is 1.97 bits per heavy atom. The SMILES string of the molecule is COc1cc(/C=C(\C#N)C(=O)Nc2cccc(Cl)c2)cc(Br)c1OCc1ccc(F)cc1. The molecule has 0 spiro atoms. The average Bonchev–Trinajstić information content (AvgIpc) is 2.77. The molecule has 162 valence electrons. The molecule has 8 heteroatoms. The van der Waals surface area contributed by atoms with Crippen LogP contribution >= 0.6 is 27.5 Å². The van der Waals surface area contributed by atoms with E-state index in [0.717, 1.165) is 5.56 Å². The molecule has 3 rings (SSSR count). The third-order valence-electron chi connectivity index (χ3n) is 4.31. The molecule has 0 atom stereocenters. The van der Waals surface area contributed by atoms with Crippen molar-refractivity contribution in [2.24, 2.45) is 0 Å². The Balaban J connectivity index is 1.81. The first kappa shape index (κ1) is 23.3. The summed E-state index contributed by atoms with van der Waals surface area (Å²) in [6.45, 7) is 0.204. The van der Waals surface area contributed by atoms with Gasteiger partial charge in [0.25, 0.3) is 5.91 Å². The van der Waals surface area contributed by atoms with Crippen LogP contribution in [0.1, 0.15) is 11.1 Å². The smallest absolute Gasteiger partial charge is 0.266 e.